The molecule has 2 heterocycles. The Balaban J connectivity index is 2.75. The van der Waals surface area contributed by atoms with Crippen molar-refractivity contribution in [2.45, 2.75) is 0 Å². The predicted octanol–water partition coefficient (Wildman–Crippen LogP) is 2.18. The second kappa shape index (κ2) is 2.74. The average molecular weight is 198 g/mol. The quantitative estimate of drug-likeness (QED) is 0.712. The monoisotopic (exact) mass is 197 g/mol. The fourth-order valence-corrected chi connectivity index (χ4v) is 1.24. The van der Waals surface area contributed by atoms with E-state index < -0.39 is 5.97 Å². The number of carboxylic acids is 1. The van der Waals surface area contributed by atoms with E-state index in [-0.39, 0.29) is 10.9 Å². The van der Waals surface area contributed by atoms with Gasteiger partial charge in [-0.25, -0.2) is 9.78 Å². The van der Waals surface area contributed by atoms with Crippen molar-refractivity contribution in [2.75, 3.05) is 0 Å². The molecule has 0 fully saturated rings. The van der Waals surface area contributed by atoms with Crippen LogP contribution in [0.4, 0.5) is 0 Å². The largest absolute Gasteiger partial charge is 0.475 e. The highest BCUT2D eigenvalue weighted by molar-refractivity contribution is 6.33. The van der Waals surface area contributed by atoms with Gasteiger partial charge in [-0.15, -0.1) is 0 Å². The average Bonchev–Trinajstić information content (AvgIpc) is 2.49. The number of aromatic nitrogens is 1. The normalized spacial score (nSPS) is 10.5. The van der Waals surface area contributed by atoms with Crippen LogP contribution in [0.1, 0.15) is 10.6 Å². The van der Waals surface area contributed by atoms with Crippen molar-refractivity contribution in [3.8, 4) is 0 Å². The van der Waals surface area contributed by atoms with Crippen molar-refractivity contribution in [1.82, 2.24) is 4.98 Å². The molecule has 4 nitrogen and oxygen atoms in total. The van der Waals surface area contributed by atoms with E-state index in [2.05, 4.69) is 4.98 Å². The van der Waals surface area contributed by atoms with Crippen LogP contribution in [0.5, 0.6) is 0 Å². The Kier molecular flexibility index (Phi) is 1.70. The number of carbonyl (C=O) groups is 1. The van der Waals surface area contributed by atoms with E-state index in [0.29, 0.717) is 11.0 Å². The van der Waals surface area contributed by atoms with Crippen molar-refractivity contribution in [3.63, 3.8) is 0 Å². The predicted molar refractivity (Wildman–Crippen MR) is 46.0 cm³/mol. The number of furan rings is 1. The van der Waals surface area contributed by atoms with Gasteiger partial charge in [0.05, 0.1) is 0 Å². The Morgan fingerprint density at radius 2 is 2.38 bits per heavy atom. The number of carboxylic acid groups (broad SMARTS) is 1. The first-order valence-electron chi connectivity index (χ1n) is 3.46. The molecule has 2 rings (SSSR count). The lowest BCUT2D eigenvalue weighted by molar-refractivity contribution is 0.0665. The molecule has 0 aliphatic carbocycles. The SMILES string of the molecule is O=C(O)c1cc2ccnc(Cl)c2o1. The first kappa shape index (κ1) is 8.07. The number of fused-ring (bicyclic) bond motifs is 1. The molecule has 5 heteroatoms. The summed E-state index contributed by atoms with van der Waals surface area (Å²) in [6.07, 6.45) is 1.49. The molecule has 0 saturated heterocycles. The van der Waals surface area contributed by atoms with E-state index in [1.54, 1.807) is 6.07 Å². The summed E-state index contributed by atoms with van der Waals surface area (Å²) in [6.45, 7) is 0. The van der Waals surface area contributed by atoms with Crippen LogP contribution in [0.3, 0.4) is 0 Å². The number of pyridine rings is 1. The van der Waals surface area contributed by atoms with Gasteiger partial charge in [-0.2, -0.15) is 0 Å². The molecule has 0 spiro atoms. The van der Waals surface area contributed by atoms with E-state index >= 15 is 0 Å². The summed E-state index contributed by atoms with van der Waals surface area (Å²) < 4.78 is 4.97. The number of hydrogen-bond donors (Lipinski definition) is 1. The molecule has 0 aliphatic rings. The van der Waals surface area contributed by atoms with E-state index in [4.69, 9.17) is 21.1 Å². The topological polar surface area (TPSA) is 63.3 Å². The summed E-state index contributed by atoms with van der Waals surface area (Å²) in [5, 5.41) is 9.43. The van der Waals surface area contributed by atoms with Gasteiger partial charge in [-0.3, -0.25) is 0 Å². The van der Waals surface area contributed by atoms with Crippen molar-refractivity contribution < 1.29 is 14.3 Å². The minimum absolute atomic E-state index is 0.134. The van der Waals surface area contributed by atoms with Crippen LogP contribution in [0.15, 0.2) is 22.7 Å². The fourth-order valence-electron chi connectivity index (χ4n) is 1.04. The minimum Gasteiger partial charge on any atom is -0.475 e. The van der Waals surface area contributed by atoms with E-state index in [1.165, 1.54) is 12.3 Å². The third-order valence-corrected chi connectivity index (χ3v) is 1.87. The summed E-state index contributed by atoms with van der Waals surface area (Å²) in [5.74, 6) is -1.25. The van der Waals surface area contributed by atoms with E-state index in [9.17, 15) is 4.79 Å². The zero-order valence-corrected chi connectivity index (χ0v) is 7.08. The summed E-state index contributed by atoms with van der Waals surface area (Å²) in [6, 6.07) is 3.04. The van der Waals surface area contributed by atoms with Gasteiger partial charge in [0.1, 0.15) is 0 Å². The summed E-state index contributed by atoms with van der Waals surface area (Å²) in [5.41, 5.74) is 0.307. The highest BCUT2D eigenvalue weighted by atomic mass is 35.5. The van der Waals surface area contributed by atoms with Gasteiger partial charge < -0.3 is 9.52 Å². The third kappa shape index (κ3) is 1.25. The summed E-state index contributed by atoms with van der Waals surface area (Å²) in [7, 11) is 0. The molecule has 0 bridgehead atoms. The van der Waals surface area contributed by atoms with Gasteiger partial charge in [0.2, 0.25) is 5.76 Å². The molecule has 0 unspecified atom stereocenters. The number of nitrogens with zero attached hydrogens (tertiary/aromatic N) is 1. The van der Waals surface area contributed by atoms with Crippen LogP contribution in [0.25, 0.3) is 11.0 Å². The molecule has 0 aliphatic heterocycles. The minimum atomic E-state index is -1.12. The standard InChI is InChI=1S/C8H4ClNO3/c9-7-6-4(1-2-10-7)3-5(13-6)8(11)12/h1-3H,(H,11,12). The summed E-state index contributed by atoms with van der Waals surface area (Å²) >= 11 is 5.68. The lowest BCUT2D eigenvalue weighted by Gasteiger charge is -1.88. The van der Waals surface area contributed by atoms with E-state index in [1.807, 2.05) is 0 Å². The number of halogens is 1. The molecule has 2 aromatic heterocycles. The van der Waals surface area contributed by atoms with Gasteiger partial charge in [0.25, 0.3) is 0 Å². The van der Waals surface area contributed by atoms with Gasteiger partial charge in [0, 0.05) is 11.6 Å². The van der Waals surface area contributed by atoms with Crippen molar-refractivity contribution >= 4 is 28.5 Å². The van der Waals surface area contributed by atoms with Crippen LogP contribution in [-0.2, 0) is 0 Å². The molecule has 1 N–H and O–H groups in total. The Bertz CT molecular complexity index is 477. The maximum Gasteiger partial charge on any atom is 0.371 e. The fraction of sp³-hybridized carbons (Fsp3) is 0. The van der Waals surface area contributed by atoms with Gasteiger partial charge in [0.15, 0.2) is 10.7 Å². The molecular formula is C8H4ClNO3. The van der Waals surface area contributed by atoms with Crippen LogP contribution < -0.4 is 0 Å². The highest BCUT2D eigenvalue weighted by Gasteiger charge is 2.12. The molecule has 66 valence electrons. The van der Waals surface area contributed by atoms with Crippen molar-refractivity contribution in [3.05, 3.63) is 29.2 Å². The molecule has 0 radical (unpaired) electrons. The Morgan fingerprint density at radius 1 is 1.62 bits per heavy atom. The van der Waals surface area contributed by atoms with E-state index in [0.717, 1.165) is 0 Å². The smallest absolute Gasteiger partial charge is 0.371 e. The highest BCUT2D eigenvalue weighted by Crippen LogP contribution is 2.24. The van der Waals surface area contributed by atoms with Gasteiger partial charge >= 0.3 is 5.97 Å². The molecular weight excluding hydrogens is 194 g/mol. The molecule has 0 saturated carbocycles. The first-order chi connectivity index (χ1) is 6.18. The Morgan fingerprint density at radius 3 is 3.00 bits per heavy atom. The lowest BCUT2D eigenvalue weighted by atomic mass is 10.3. The molecule has 0 atom stereocenters. The second-order valence-corrected chi connectivity index (χ2v) is 2.79. The maximum absolute atomic E-state index is 10.5. The number of aromatic carboxylic acids is 1. The number of rotatable bonds is 1. The van der Waals surface area contributed by atoms with Crippen LogP contribution in [-0.4, -0.2) is 16.1 Å². The van der Waals surface area contributed by atoms with Gasteiger partial charge in [-0.1, -0.05) is 11.6 Å². The van der Waals surface area contributed by atoms with Crippen LogP contribution in [0.2, 0.25) is 5.15 Å². The summed E-state index contributed by atoms with van der Waals surface area (Å²) in [4.78, 5) is 14.3. The van der Waals surface area contributed by atoms with Crippen LogP contribution >= 0.6 is 11.6 Å². The van der Waals surface area contributed by atoms with Crippen molar-refractivity contribution in [2.24, 2.45) is 0 Å². The molecule has 0 amide bonds. The Hall–Kier alpha value is -1.55. The first-order valence-corrected chi connectivity index (χ1v) is 3.83. The molecule has 2 aromatic rings. The van der Waals surface area contributed by atoms with Crippen LogP contribution in [0, 0.1) is 0 Å². The maximum atomic E-state index is 10.5. The van der Waals surface area contributed by atoms with Gasteiger partial charge in [-0.05, 0) is 12.1 Å². The lowest BCUT2D eigenvalue weighted by Crippen LogP contribution is -1.91. The van der Waals surface area contributed by atoms with Crippen molar-refractivity contribution in [1.29, 1.82) is 0 Å². The number of hydrogen-bond acceptors (Lipinski definition) is 3. The Labute approximate surface area is 77.8 Å². The zero-order chi connectivity index (χ0) is 9.42. The second-order valence-electron chi connectivity index (χ2n) is 2.44. The molecule has 0 aromatic carbocycles. The third-order valence-electron chi connectivity index (χ3n) is 1.60. The molecule has 13 heavy (non-hydrogen) atoms. The zero-order valence-electron chi connectivity index (χ0n) is 6.32.